The smallest absolute Gasteiger partial charge is 0.407 e. The van der Waals surface area contributed by atoms with Gasteiger partial charge in [0, 0.05) is 0 Å². The highest BCUT2D eigenvalue weighted by Crippen LogP contribution is 2.15. The van der Waals surface area contributed by atoms with E-state index >= 15 is 0 Å². The van der Waals surface area contributed by atoms with Crippen LogP contribution in [0, 0.1) is 17.8 Å². The summed E-state index contributed by atoms with van der Waals surface area (Å²) in [4.78, 5) is 49.4. The Kier molecular flexibility index (Phi) is 12.6. The standard InChI is InChI=1S/C24H37N3O6/c1-6-17(5)21(27-22(29)19(13-16(3)4)23(30)32-7-2)26-20(28)14-25-24(31)33-15-18-11-9-8-10-12-18/h8-12,16-17,19,21H,6-7,13-15H2,1-5H3,(H,25,31)(H,26,28)(H,27,29)/t17-,19?,21-/m0/s1. The molecule has 1 rings (SSSR count). The molecule has 1 aromatic rings. The minimum atomic E-state index is -0.959. The summed E-state index contributed by atoms with van der Waals surface area (Å²) in [6.45, 7) is 9.25. The summed E-state index contributed by atoms with van der Waals surface area (Å²) >= 11 is 0. The third-order valence-corrected chi connectivity index (χ3v) is 5.03. The van der Waals surface area contributed by atoms with Gasteiger partial charge in [-0.2, -0.15) is 0 Å². The van der Waals surface area contributed by atoms with E-state index in [9.17, 15) is 19.2 Å². The molecule has 1 unspecified atom stereocenters. The van der Waals surface area contributed by atoms with E-state index in [1.165, 1.54) is 0 Å². The van der Waals surface area contributed by atoms with Crippen LogP contribution in [0.3, 0.4) is 0 Å². The van der Waals surface area contributed by atoms with Crippen molar-refractivity contribution in [1.82, 2.24) is 16.0 Å². The van der Waals surface area contributed by atoms with Crippen LogP contribution in [0.25, 0.3) is 0 Å². The zero-order valence-electron chi connectivity index (χ0n) is 20.2. The van der Waals surface area contributed by atoms with Crippen LogP contribution in [-0.4, -0.2) is 43.2 Å². The van der Waals surface area contributed by atoms with Crippen molar-refractivity contribution in [3.63, 3.8) is 0 Å². The number of carbonyl (C=O) groups is 4. The van der Waals surface area contributed by atoms with E-state index in [1.54, 1.807) is 6.92 Å². The second-order valence-electron chi connectivity index (χ2n) is 8.29. The summed E-state index contributed by atoms with van der Waals surface area (Å²) in [6, 6.07) is 9.17. The molecule has 0 bridgehead atoms. The topological polar surface area (TPSA) is 123 Å². The molecule has 0 spiro atoms. The van der Waals surface area contributed by atoms with E-state index in [0.29, 0.717) is 12.8 Å². The van der Waals surface area contributed by atoms with E-state index in [2.05, 4.69) is 16.0 Å². The number of benzene rings is 1. The van der Waals surface area contributed by atoms with Crippen LogP contribution in [0.1, 0.15) is 53.0 Å². The van der Waals surface area contributed by atoms with E-state index in [-0.39, 0.29) is 31.6 Å². The van der Waals surface area contributed by atoms with Gasteiger partial charge in [0.05, 0.1) is 6.61 Å². The third-order valence-electron chi connectivity index (χ3n) is 5.03. The predicted molar refractivity (Wildman–Crippen MR) is 124 cm³/mol. The highest BCUT2D eigenvalue weighted by Gasteiger charge is 2.31. The summed E-state index contributed by atoms with van der Waals surface area (Å²) in [5, 5.41) is 7.87. The molecule has 184 valence electrons. The number of nitrogens with one attached hydrogen (secondary N) is 3. The maximum atomic E-state index is 12.8. The Morgan fingerprint density at radius 2 is 1.61 bits per heavy atom. The largest absolute Gasteiger partial charge is 0.465 e. The Labute approximate surface area is 196 Å². The van der Waals surface area contributed by atoms with Gasteiger partial charge in [0.15, 0.2) is 0 Å². The van der Waals surface area contributed by atoms with Gasteiger partial charge in [0.25, 0.3) is 0 Å². The van der Waals surface area contributed by atoms with Gasteiger partial charge >= 0.3 is 12.1 Å². The SMILES string of the molecule is CCOC(=O)C(CC(C)C)C(=O)N[C@H](NC(=O)CNC(=O)OCc1ccccc1)[C@@H](C)CC. The Hall–Kier alpha value is -3.10. The lowest BCUT2D eigenvalue weighted by Gasteiger charge is -2.27. The second kappa shape index (κ2) is 14.9. The molecular formula is C24H37N3O6. The lowest BCUT2D eigenvalue weighted by molar-refractivity contribution is -0.153. The summed E-state index contributed by atoms with van der Waals surface area (Å²) in [6.07, 6.45) is -0.425. The fourth-order valence-electron chi connectivity index (χ4n) is 2.99. The minimum absolute atomic E-state index is 0.0882. The quantitative estimate of drug-likeness (QED) is 0.235. The van der Waals surface area contributed by atoms with Crippen LogP contribution in [0.2, 0.25) is 0 Å². The predicted octanol–water partition coefficient (Wildman–Crippen LogP) is 2.74. The number of ether oxygens (including phenoxy) is 2. The van der Waals surface area contributed by atoms with Crippen LogP contribution in [0.15, 0.2) is 30.3 Å². The monoisotopic (exact) mass is 463 g/mol. The maximum absolute atomic E-state index is 12.8. The zero-order valence-corrected chi connectivity index (χ0v) is 20.2. The van der Waals surface area contributed by atoms with Crippen molar-refractivity contribution >= 4 is 23.9 Å². The van der Waals surface area contributed by atoms with Gasteiger partial charge in [-0.25, -0.2) is 4.79 Å². The normalized spacial score (nSPS) is 13.4. The molecule has 0 aliphatic rings. The number of hydrogen-bond donors (Lipinski definition) is 3. The van der Waals surface area contributed by atoms with E-state index in [4.69, 9.17) is 9.47 Å². The molecule has 0 heterocycles. The molecule has 0 fully saturated rings. The summed E-state index contributed by atoms with van der Waals surface area (Å²) in [5.41, 5.74) is 0.828. The molecule has 1 aromatic carbocycles. The van der Waals surface area contributed by atoms with Crippen LogP contribution >= 0.6 is 0 Å². The van der Waals surface area contributed by atoms with Gasteiger partial charge in [0.2, 0.25) is 11.8 Å². The molecule has 3 N–H and O–H groups in total. The fraction of sp³-hybridized carbons (Fsp3) is 0.583. The Balaban J connectivity index is 2.64. The highest BCUT2D eigenvalue weighted by atomic mass is 16.5. The van der Waals surface area contributed by atoms with Crippen molar-refractivity contribution in [1.29, 1.82) is 0 Å². The Bertz CT molecular complexity index is 769. The van der Waals surface area contributed by atoms with Crippen LogP contribution in [0.4, 0.5) is 4.79 Å². The first-order chi connectivity index (χ1) is 15.7. The molecule has 0 aliphatic carbocycles. The molecule has 0 saturated carbocycles. The lowest BCUT2D eigenvalue weighted by atomic mass is 9.95. The second-order valence-corrected chi connectivity index (χ2v) is 8.29. The molecule has 3 amide bonds. The average molecular weight is 464 g/mol. The molecular weight excluding hydrogens is 426 g/mol. The molecule has 9 heteroatoms. The first kappa shape index (κ1) is 27.9. The van der Waals surface area contributed by atoms with Gasteiger partial charge in [-0.1, -0.05) is 58.0 Å². The number of amides is 3. The number of alkyl carbamates (subject to hydrolysis) is 1. The number of carbonyl (C=O) groups excluding carboxylic acids is 4. The number of esters is 1. The van der Waals surface area contributed by atoms with Gasteiger partial charge in [0.1, 0.15) is 25.2 Å². The Morgan fingerprint density at radius 1 is 0.939 bits per heavy atom. The summed E-state index contributed by atoms with van der Waals surface area (Å²) in [5.74, 6) is -2.53. The Morgan fingerprint density at radius 3 is 2.18 bits per heavy atom. The van der Waals surface area contributed by atoms with E-state index in [1.807, 2.05) is 58.0 Å². The maximum Gasteiger partial charge on any atom is 0.407 e. The summed E-state index contributed by atoms with van der Waals surface area (Å²) < 4.78 is 10.1. The zero-order chi connectivity index (χ0) is 24.8. The first-order valence-electron chi connectivity index (χ1n) is 11.4. The van der Waals surface area contributed by atoms with Crippen LogP contribution < -0.4 is 16.0 Å². The highest BCUT2D eigenvalue weighted by molar-refractivity contribution is 5.98. The molecule has 0 radical (unpaired) electrons. The van der Waals surface area contributed by atoms with Crippen LogP contribution in [-0.2, 0) is 30.5 Å². The van der Waals surface area contributed by atoms with Crippen molar-refractivity contribution in [2.24, 2.45) is 17.8 Å². The van der Waals surface area contributed by atoms with Gasteiger partial charge in [-0.3, -0.25) is 14.4 Å². The first-order valence-corrected chi connectivity index (χ1v) is 11.4. The van der Waals surface area contributed by atoms with Gasteiger partial charge < -0.3 is 25.4 Å². The lowest BCUT2D eigenvalue weighted by Crippen LogP contribution is -2.55. The molecule has 3 atom stereocenters. The molecule has 9 nitrogen and oxygen atoms in total. The van der Waals surface area contributed by atoms with Crippen molar-refractivity contribution in [2.75, 3.05) is 13.2 Å². The average Bonchev–Trinajstić information content (AvgIpc) is 2.79. The van der Waals surface area contributed by atoms with E-state index < -0.39 is 36.0 Å². The third kappa shape index (κ3) is 10.9. The molecule has 0 saturated heterocycles. The molecule has 0 aromatic heterocycles. The number of hydrogen-bond acceptors (Lipinski definition) is 6. The number of rotatable bonds is 13. The van der Waals surface area contributed by atoms with E-state index in [0.717, 1.165) is 5.56 Å². The minimum Gasteiger partial charge on any atom is -0.465 e. The fourth-order valence-corrected chi connectivity index (χ4v) is 2.99. The van der Waals surface area contributed by atoms with Crippen molar-refractivity contribution in [3.05, 3.63) is 35.9 Å². The van der Waals surface area contributed by atoms with Crippen molar-refractivity contribution in [2.45, 2.75) is 60.2 Å². The summed E-state index contributed by atoms with van der Waals surface area (Å²) in [7, 11) is 0. The van der Waals surface area contributed by atoms with Gasteiger partial charge in [-0.05, 0) is 37.2 Å². The van der Waals surface area contributed by atoms with Crippen molar-refractivity contribution < 1.29 is 28.7 Å². The van der Waals surface area contributed by atoms with Crippen LogP contribution in [0.5, 0.6) is 0 Å². The molecule has 0 aliphatic heterocycles. The van der Waals surface area contributed by atoms with Crippen molar-refractivity contribution in [3.8, 4) is 0 Å². The van der Waals surface area contributed by atoms with Gasteiger partial charge in [-0.15, -0.1) is 0 Å². The molecule has 33 heavy (non-hydrogen) atoms.